The Morgan fingerprint density at radius 3 is 2.47 bits per heavy atom. The van der Waals surface area contributed by atoms with Crippen LogP contribution in [0.25, 0.3) is 0 Å². The quantitative estimate of drug-likeness (QED) is 0.219. The van der Waals surface area contributed by atoms with E-state index in [1.165, 1.54) is 0 Å². The van der Waals surface area contributed by atoms with Crippen molar-refractivity contribution >= 4 is 16.1 Å². The van der Waals surface area contributed by atoms with Gasteiger partial charge in [0.05, 0.1) is 18.0 Å². The number of carboxylic acid groups (broad SMARTS) is 1. The van der Waals surface area contributed by atoms with Crippen LogP contribution < -0.4 is 34.7 Å². The van der Waals surface area contributed by atoms with Crippen LogP contribution >= 0.6 is 0 Å². The van der Waals surface area contributed by atoms with Gasteiger partial charge < -0.3 is 15.0 Å². The van der Waals surface area contributed by atoms with E-state index < -0.39 is 21.7 Å². The van der Waals surface area contributed by atoms with E-state index in [9.17, 15) is 18.3 Å². The van der Waals surface area contributed by atoms with E-state index in [0.717, 1.165) is 6.92 Å². The molecular weight excluding hydrogens is 235 g/mol. The Hall–Kier alpha value is 0.0800. The predicted molar refractivity (Wildman–Crippen MR) is 45.3 cm³/mol. The van der Waals surface area contributed by atoms with Crippen LogP contribution in [0.1, 0.15) is 13.3 Å². The van der Waals surface area contributed by atoms with Crippen LogP contribution in [-0.2, 0) is 19.1 Å². The van der Waals surface area contributed by atoms with E-state index in [-0.39, 0.29) is 49.2 Å². The van der Waals surface area contributed by atoms with Crippen molar-refractivity contribution in [1.29, 1.82) is 0 Å². The van der Waals surface area contributed by atoms with Crippen molar-refractivity contribution in [2.24, 2.45) is 0 Å². The number of hydrogen-bond acceptors (Lipinski definition) is 6. The zero-order chi connectivity index (χ0) is 11.2. The maximum absolute atomic E-state index is 10.9. The van der Waals surface area contributed by atoms with E-state index in [1.54, 1.807) is 0 Å². The molecule has 82 valence electrons. The van der Waals surface area contributed by atoms with Crippen molar-refractivity contribution in [3.63, 3.8) is 0 Å². The van der Waals surface area contributed by atoms with Crippen molar-refractivity contribution in [3.05, 3.63) is 11.0 Å². The second-order valence-electron chi connectivity index (χ2n) is 2.48. The smallest absolute Gasteiger partial charge is 0.545 e. The van der Waals surface area contributed by atoms with Crippen LogP contribution in [0.5, 0.6) is 0 Å². The summed E-state index contributed by atoms with van der Waals surface area (Å²) in [5, 5.41) is 19.0. The maximum atomic E-state index is 10.9. The molecule has 0 spiro atoms. The molecule has 0 heterocycles. The van der Waals surface area contributed by atoms with Gasteiger partial charge in [-0.05, 0) is 18.9 Å². The molecular formula is C7H11NaO6S. The van der Waals surface area contributed by atoms with Crippen molar-refractivity contribution in [3.8, 4) is 0 Å². The molecule has 0 fully saturated rings. The summed E-state index contributed by atoms with van der Waals surface area (Å²) >= 11 is 0. The molecule has 1 N–H and O–H groups in total. The molecule has 0 aromatic rings. The van der Waals surface area contributed by atoms with Gasteiger partial charge in [-0.25, -0.2) is 0 Å². The molecule has 0 rings (SSSR count). The Labute approximate surface area is 110 Å². The van der Waals surface area contributed by atoms with Crippen molar-refractivity contribution < 1.29 is 57.2 Å². The molecule has 0 aromatic heterocycles. The summed E-state index contributed by atoms with van der Waals surface area (Å²) in [5.74, 6) is -1.57. The predicted octanol–water partition coefficient (Wildman–Crippen LogP) is -4.63. The Balaban J connectivity index is 0. The summed E-state index contributed by atoms with van der Waals surface area (Å²) < 4.78 is 26.2. The van der Waals surface area contributed by atoms with Gasteiger partial charge in [0.25, 0.3) is 10.1 Å². The molecule has 0 saturated carbocycles. The van der Waals surface area contributed by atoms with Gasteiger partial charge in [-0.15, -0.1) is 0 Å². The van der Waals surface area contributed by atoms with Gasteiger partial charge in [0, 0.05) is 6.61 Å². The summed E-state index contributed by atoms with van der Waals surface area (Å²) in [7, 11) is -3.99. The van der Waals surface area contributed by atoms with Crippen LogP contribution in [-0.4, -0.2) is 32.7 Å². The van der Waals surface area contributed by atoms with Crippen LogP contribution in [0, 0.1) is 0 Å². The van der Waals surface area contributed by atoms with Crippen molar-refractivity contribution in [2.45, 2.75) is 13.3 Å². The van der Waals surface area contributed by atoms with Crippen LogP contribution in [0.4, 0.5) is 0 Å². The Bertz CT molecular complexity index is 320. The van der Waals surface area contributed by atoms with Gasteiger partial charge in [0.2, 0.25) is 0 Å². The molecule has 15 heavy (non-hydrogen) atoms. The number of carboxylic acids is 1. The largest absolute Gasteiger partial charge is 1.00 e. The minimum Gasteiger partial charge on any atom is -0.545 e. The molecule has 0 atom stereocenters. The maximum Gasteiger partial charge on any atom is 1.00 e. The Morgan fingerprint density at radius 1 is 1.53 bits per heavy atom. The molecule has 0 radical (unpaired) electrons. The normalized spacial score (nSPS) is 12.0. The number of carbonyl (C=O) groups is 1. The van der Waals surface area contributed by atoms with Crippen LogP contribution in [0.3, 0.4) is 0 Å². The summed E-state index contributed by atoms with van der Waals surface area (Å²) in [6, 6.07) is 0. The zero-order valence-electron chi connectivity index (χ0n) is 8.60. The van der Waals surface area contributed by atoms with Gasteiger partial charge in [0.15, 0.2) is 0 Å². The summed E-state index contributed by atoms with van der Waals surface area (Å²) in [6.45, 7) is 0.705. The summed E-state index contributed by atoms with van der Waals surface area (Å²) in [5.41, 5.74) is -0.436. The first-order chi connectivity index (χ1) is 6.39. The molecule has 0 aliphatic rings. The fourth-order valence-corrected chi connectivity index (χ4v) is 1.49. The average Bonchev–Trinajstić information content (AvgIpc) is 2.03. The number of aliphatic hydroxyl groups excluding tert-OH is 1. The van der Waals surface area contributed by atoms with Gasteiger partial charge >= 0.3 is 29.6 Å². The third-order valence-electron chi connectivity index (χ3n) is 1.19. The summed E-state index contributed by atoms with van der Waals surface area (Å²) in [6.07, 6.45) is 0.164. The number of aliphatic hydroxyl groups is 1. The van der Waals surface area contributed by atoms with Gasteiger partial charge in [-0.2, -0.15) is 8.42 Å². The molecule has 0 aliphatic heterocycles. The first-order valence-electron chi connectivity index (χ1n) is 3.79. The molecule has 0 amide bonds. The molecule has 0 saturated heterocycles. The van der Waals surface area contributed by atoms with Gasteiger partial charge in [-0.3, -0.25) is 4.18 Å². The molecule has 8 heteroatoms. The first kappa shape index (κ1) is 17.5. The monoisotopic (exact) mass is 246 g/mol. The fraction of sp³-hybridized carbons (Fsp3) is 0.571. The first-order valence-corrected chi connectivity index (χ1v) is 5.26. The molecule has 6 nitrogen and oxygen atoms in total. The third-order valence-corrected chi connectivity index (χ3v) is 2.33. The SMILES string of the molecule is CC(=CS(=O)(=O)OCCCO)C(=O)[O-].[Na+]. The molecule has 0 aromatic carbocycles. The van der Waals surface area contributed by atoms with Gasteiger partial charge in [0.1, 0.15) is 0 Å². The summed E-state index contributed by atoms with van der Waals surface area (Å²) in [4.78, 5) is 10.2. The number of rotatable bonds is 6. The second kappa shape index (κ2) is 8.26. The fourth-order valence-electron chi connectivity index (χ4n) is 0.538. The topological polar surface area (TPSA) is 104 Å². The van der Waals surface area contributed by atoms with E-state index in [1.807, 2.05) is 0 Å². The van der Waals surface area contributed by atoms with E-state index in [2.05, 4.69) is 4.18 Å². The van der Waals surface area contributed by atoms with Crippen LogP contribution in [0.15, 0.2) is 11.0 Å². The Kier molecular flexibility index (Phi) is 9.62. The minimum atomic E-state index is -3.99. The number of hydrogen-bond donors (Lipinski definition) is 1. The average molecular weight is 246 g/mol. The third kappa shape index (κ3) is 9.04. The molecule has 0 bridgehead atoms. The van der Waals surface area contributed by atoms with Crippen LogP contribution in [0.2, 0.25) is 0 Å². The van der Waals surface area contributed by atoms with E-state index in [4.69, 9.17) is 5.11 Å². The number of aliphatic carboxylic acids is 1. The standard InChI is InChI=1S/C7H12O6S.Na/c1-6(7(9)10)5-14(11,12)13-4-2-3-8;/h5,8H,2-4H2,1H3,(H,9,10);/q;+1/p-1. The minimum absolute atomic E-state index is 0. The van der Waals surface area contributed by atoms with Crippen molar-refractivity contribution in [2.75, 3.05) is 13.2 Å². The zero-order valence-corrected chi connectivity index (χ0v) is 11.4. The molecule has 0 unspecified atom stereocenters. The molecule has 0 aliphatic carbocycles. The van der Waals surface area contributed by atoms with Gasteiger partial charge in [-0.1, -0.05) is 0 Å². The van der Waals surface area contributed by atoms with E-state index in [0.29, 0.717) is 5.41 Å². The Morgan fingerprint density at radius 2 is 2.07 bits per heavy atom. The van der Waals surface area contributed by atoms with Crippen molar-refractivity contribution in [1.82, 2.24) is 0 Å². The van der Waals surface area contributed by atoms with E-state index >= 15 is 0 Å². The second-order valence-corrected chi connectivity index (χ2v) is 3.94. The number of carbonyl (C=O) groups excluding carboxylic acids is 1.